The summed E-state index contributed by atoms with van der Waals surface area (Å²) in [7, 11) is 2.56. The molecule has 3 rings (SSSR count). The van der Waals surface area contributed by atoms with Crippen molar-refractivity contribution in [1.29, 1.82) is 0 Å². The third-order valence-electron chi connectivity index (χ3n) is 4.25. The van der Waals surface area contributed by atoms with Gasteiger partial charge in [-0.05, 0) is 41.5 Å². The molecule has 0 spiro atoms. The van der Waals surface area contributed by atoms with Crippen LogP contribution < -0.4 is 10.2 Å². The van der Waals surface area contributed by atoms with E-state index in [4.69, 9.17) is 4.74 Å². The molecule has 0 aliphatic heterocycles. The lowest BCUT2D eigenvalue weighted by atomic mass is 10.0. The molecule has 0 saturated heterocycles. The Morgan fingerprint density at radius 3 is 2.47 bits per heavy atom. The Labute approximate surface area is 169 Å². The number of fused-ring (bicyclic) bond motifs is 1. The normalized spacial score (nSPS) is 12.0. The number of anilines is 1. The molecule has 0 atom stereocenters. The minimum absolute atomic E-state index is 0.403. The van der Waals surface area contributed by atoms with E-state index in [0.29, 0.717) is 5.71 Å². The molecule has 2 aromatic carbocycles. The average molecular weight is 418 g/mol. The zero-order valence-electron chi connectivity index (χ0n) is 16.2. The van der Waals surface area contributed by atoms with Gasteiger partial charge < -0.3 is 9.47 Å². The summed E-state index contributed by atoms with van der Waals surface area (Å²) in [4.78, 5) is 18.6. The summed E-state index contributed by atoms with van der Waals surface area (Å²) in [5.74, 6) is -0.850. The van der Waals surface area contributed by atoms with Crippen LogP contribution in [0.4, 0.5) is 19.1 Å². The smallest absolute Gasteiger partial charge is 0.434 e. The van der Waals surface area contributed by atoms with Crippen LogP contribution in [0.1, 0.15) is 28.5 Å². The highest BCUT2D eigenvalue weighted by Crippen LogP contribution is 2.31. The molecule has 7 nitrogen and oxygen atoms in total. The summed E-state index contributed by atoms with van der Waals surface area (Å²) in [5, 5.41) is 5.97. The molecule has 0 aliphatic carbocycles. The van der Waals surface area contributed by atoms with Crippen molar-refractivity contribution < 1.29 is 27.4 Å². The van der Waals surface area contributed by atoms with E-state index in [2.05, 4.69) is 25.2 Å². The van der Waals surface area contributed by atoms with Gasteiger partial charge in [0.1, 0.15) is 11.3 Å². The van der Waals surface area contributed by atoms with Gasteiger partial charge in [-0.15, -0.1) is 0 Å². The van der Waals surface area contributed by atoms with Crippen molar-refractivity contribution >= 4 is 28.4 Å². The lowest BCUT2D eigenvalue weighted by molar-refractivity contribution is -0.141. The van der Waals surface area contributed by atoms with Crippen LogP contribution in [0.2, 0.25) is 0 Å². The predicted molar refractivity (Wildman–Crippen MR) is 105 cm³/mol. The van der Waals surface area contributed by atoms with Gasteiger partial charge in [0.05, 0.1) is 19.9 Å². The molecule has 30 heavy (non-hydrogen) atoms. The molecule has 156 valence electrons. The van der Waals surface area contributed by atoms with Crippen molar-refractivity contribution in [2.45, 2.75) is 13.1 Å². The first-order valence-corrected chi connectivity index (χ1v) is 8.64. The molecule has 0 radical (unpaired) electrons. The van der Waals surface area contributed by atoms with Gasteiger partial charge >= 0.3 is 12.1 Å². The number of methoxy groups -OCH3 is 2. The number of aromatic nitrogens is 2. The van der Waals surface area contributed by atoms with E-state index in [9.17, 15) is 18.0 Å². The van der Waals surface area contributed by atoms with Gasteiger partial charge in [-0.2, -0.15) is 18.3 Å². The highest BCUT2D eigenvalue weighted by atomic mass is 19.4. The molecule has 0 amide bonds. The van der Waals surface area contributed by atoms with Crippen molar-refractivity contribution in [2.75, 3.05) is 19.6 Å². The number of carbonyl (C=O) groups is 1. The van der Waals surface area contributed by atoms with E-state index in [0.717, 1.165) is 35.4 Å². The van der Waals surface area contributed by atoms with E-state index >= 15 is 0 Å². The fraction of sp³-hybridized carbons (Fsp3) is 0.200. The third-order valence-corrected chi connectivity index (χ3v) is 4.25. The average Bonchev–Trinajstić information content (AvgIpc) is 2.75. The Hall–Kier alpha value is -3.69. The first-order chi connectivity index (χ1) is 14.2. The van der Waals surface area contributed by atoms with Crippen molar-refractivity contribution in [2.24, 2.45) is 5.10 Å². The Morgan fingerprint density at radius 1 is 1.10 bits per heavy atom. The Kier molecular flexibility index (Phi) is 5.86. The van der Waals surface area contributed by atoms with E-state index < -0.39 is 29.4 Å². The highest BCUT2D eigenvalue weighted by Gasteiger charge is 2.38. The maximum Gasteiger partial charge on any atom is 0.434 e. The van der Waals surface area contributed by atoms with Gasteiger partial charge in [-0.1, -0.05) is 18.2 Å². The highest BCUT2D eigenvalue weighted by molar-refractivity contribution is 6.02. The summed E-state index contributed by atoms with van der Waals surface area (Å²) < 4.78 is 49.2. The van der Waals surface area contributed by atoms with Gasteiger partial charge in [0, 0.05) is 6.20 Å². The maximum absolute atomic E-state index is 13.2. The number of rotatable bonds is 5. The first kappa shape index (κ1) is 21.0. The second-order valence-electron chi connectivity index (χ2n) is 6.18. The number of halogens is 3. The van der Waals surface area contributed by atoms with Gasteiger partial charge in [0.2, 0.25) is 5.95 Å². The van der Waals surface area contributed by atoms with Crippen molar-refractivity contribution in [3.8, 4) is 5.75 Å². The fourth-order valence-corrected chi connectivity index (χ4v) is 2.69. The third kappa shape index (κ3) is 4.48. The van der Waals surface area contributed by atoms with Gasteiger partial charge in [-0.3, -0.25) is 0 Å². The molecule has 10 heteroatoms. The SMILES string of the molecule is COC(=O)c1cnc(N/N=C(\C)c2ccc3cc(OC)ccc3c2)nc1C(F)(F)F. The number of carbonyl (C=O) groups excluding carboxylic acids is 1. The van der Waals surface area contributed by atoms with Crippen LogP contribution in [0.15, 0.2) is 47.7 Å². The first-order valence-electron chi connectivity index (χ1n) is 8.64. The number of hydrogen-bond acceptors (Lipinski definition) is 7. The van der Waals surface area contributed by atoms with Crippen molar-refractivity contribution in [1.82, 2.24) is 9.97 Å². The molecular weight excluding hydrogens is 401 g/mol. The van der Waals surface area contributed by atoms with Crippen LogP contribution in [0.25, 0.3) is 10.8 Å². The van der Waals surface area contributed by atoms with Gasteiger partial charge in [0.15, 0.2) is 5.69 Å². The quantitative estimate of drug-likeness (QED) is 0.378. The van der Waals surface area contributed by atoms with Crippen molar-refractivity contribution in [3.05, 3.63) is 59.4 Å². The largest absolute Gasteiger partial charge is 0.497 e. The fourth-order valence-electron chi connectivity index (χ4n) is 2.69. The minimum Gasteiger partial charge on any atom is -0.497 e. The monoisotopic (exact) mass is 418 g/mol. The Balaban J connectivity index is 1.87. The number of esters is 1. The molecule has 0 aliphatic rings. The number of benzene rings is 2. The molecule has 3 aromatic rings. The number of hydrogen-bond donors (Lipinski definition) is 1. The summed E-state index contributed by atoms with van der Waals surface area (Å²) >= 11 is 0. The van der Waals surface area contributed by atoms with Gasteiger partial charge in [-0.25, -0.2) is 20.2 Å². The van der Waals surface area contributed by atoms with Crippen LogP contribution in [-0.4, -0.2) is 35.9 Å². The van der Waals surface area contributed by atoms with Crippen molar-refractivity contribution in [3.63, 3.8) is 0 Å². The van der Waals surface area contributed by atoms with Crippen LogP contribution in [0.3, 0.4) is 0 Å². The summed E-state index contributed by atoms with van der Waals surface area (Å²) in [6.45, 7) is 1.69. The predicted octanol–water partition coefficient (Wildman–Crippen LogP) is 4.28. The number of nitrogens with one attached hydrogen (secondary N) is 1. The van der Waals surface area contributed by atoms with Crippen LogP contribution in [0.5, 0.6) is 5.75 Å². The zero-order chi connectivity index (χ0) is 21.9. The molecular formula is C20H17F3N4O3. The van der Waals surface area contributed by atoms with Crippen LogP contribution in [-0.2, 0) is 10.9 Å². The van der Waals surface area contributed by atoms with E-state index in [-0.39, 0.29) is 0 Å². The topological polar surface area (TPSA) is 85.7 Å². The minimum atomic E-state index is -4.86. The molecule has 0 unspecified atom stereocenters. The molecule has 1 heterocycles. The van der Waals surface area contributed by atoms with Crippen LogP contribution in [0, 0.1) is 0 Å². The number of hydrazone groups is 1. The van der Waals surface area contributed by atoms with Crippen LogP contribution >= 0.6 is 0 Å². The molecule has 0 fully saturated rings. The maximum atomic E-state index is 13.2. The summed E-state index contributed by atoms with van der Waals surface area (Å²) in [6.07, 6.45) is -4.11. The zero-order valence-corrected chi connectivity index (χ0v) is 16.2. The number of alkyl halides is 3. The van der Waals surface area contributed by atoms with E-state index in [1.165, 1.54) is 0 Å². The van der Waals surface area contributed by atoms with E-state index in [1.807, 2.05) is 36.4 Å². The van der Waals surface area contributed by atoms with Gasteiger partial charge in [0.25, 0.3) is 0 Å². The Morgan fingerprint density at radius 2 is 1.80 bits per heavy atom. The molecule has 1 N–H and O–H groups in total. The molecule has 1 aromatic heterocycles. The molecule has 0 bridgehead atoms. The standard InChI is InChI=1S/C20H17F3N4O3/c1-11(12-4-5-14-9-15(29-2)7-6-13(14)8-12)26-27-19-24-10-16(18(28)30-3)17(25-19)20(21,22)23/h4-10H,1-3H3,(H,24,25,27)/b26-11+. The molecule has 0 saturated carbocycles. The van der Waals surface area contributed by atoms with E-state index in [1.54, 1.807) is 14.0 Å². The number of ether oxygens (including phenoxy) is 2. The second kappa shape index (κ2) is 8.36. The summed E-state index contributed by atoms with van der Waals surface area (Å²) in [5.41, 5.74) is 1.47. The second-order valence-corrected chi connectivity index (χ2v) is 6.18. The Bertz CT molecular complexity index is 1130. The number of nitrogens with zero attached hydrogens (tertiary/aromatic N) is 3. The lowest BCUT2D eigenvalue weighted by Crippen LogP contribution is -2.18. The summed E-state index contributed by atoms with van der Waals surface area (Å²) in [6, 6.07) is 11.2. The lowest BCUT2D eigenvalue weighted by Gasteiger charge is -2.11.